The van der Waals surface area contributed by atoms with Crippen LogP contribution in [-0.2, 0) is 11.2 Å². The second kappa shape index (κ2) is 6.72. The maximum absolute atomic E-state index is 5.74. The molecule has 0 saturated heterocycles. The van der Waals surface area contributed by atoms with Crippen LogP contribution in [0.1, 0.15) is 57.7 Å². The Labute approximate surface area is 122 Å². The summed E-state index contributed by atoms with van der Waals surface area (Å²) in [5.74, 6) is 0. The van der Waals surface area contributed by atoms with E-state index in [2.05, 4.69) is 36.1 Å². The second-order valence-corrected chi connectivity index (χ2v) is 6.18. The van der Waals surface area contributed by atoms with E-state index in [-0.39, 0.29) is 5.60 Å². The van der Waals surface area contributed by atoms with Gasteiger partial charge in [0.05, 0.1) is 11.3 Å². The first-order chi connectivity index (χ1) is 9.62. The zero-order chi connectivity index (χ0) is 14.6. The predicted octanol–water partition coefficient (Wildman–Crippen LogP) is 2.94. The van der Waals surface area contributed by atoms with Crippen LogP contribution in [0.2, 0.25) is 0 Å². The number of methoxy groups -OCH3 is 1. The number of rotatable bonds is 8. The van der Waals surface area contributed by atoms with Crippen molar-refractivity contribution < 1.29 is 4.74 Å². The molecule has 4 nitrogen and oxygen atoms in total. The van der Waals surface area contributed by atoms with Crippen molar-refractivity contribution in [2.45, 2.75) is 70.1 Å². The first-order valence-electron chi connectivity index (χ1n) is 7.89. The molecule has 1 aliphatic carbocycles. The van der Waals surface area contributed by atoms with Crippen molar-refractivity contribution in [3.63, 3.8) is 0 Å². The summed E-state index contributed by atoms with van der Waals surface area (Å²) >= 11 is 0. The van der Waals surface area contributed by atoms with E-state index in [9.17, 15) is 0 Å². The molecule has 2 unspecified atom stereocenters. The molecule has 1 heterocycles. The van der Waals surface area contributed by atoms with E-state index in [1.54, 1.807) is 0 Å². The van der Waals surface area contributed by atoms with Crippen LogP contribution in [0.4, 0.5) is 0 Å². The van der Waals surface area contributed by atoms with Gasteiger partial charge in [-0.2, -0.15) is 5.10 Å². The molecule has 1 aliphatic rings. The molecule has 1 aromatic rings. The Balaban J connectivity index is 1.94. The van der Waals surface area contributed by atoms with Gasteiger partial charge in [-0.25, -0.2) is 0 Å². The minimum atomic E-state index is 0.118. The van der Waals surface area contributed by atoms with Crippen molar-refractivity contribution in [3.05, 3.63) is 18.0 Å². The first kappa shape index (κ1) is 15.5. The highest BCUT2D eigenvalue weighted by Crippen LogP contribution is 2.39. The summed E-state index contributed by atoms with van der Waals surface area (Å²) in [6, 6.07) is 3.07. The Morgan fingerprint density at radius 3 is 2.75 bits per heavy atom. The molecule has 4 heteroatoms. The van der Waals surface area contributed by atoms with Gasteiger partial charge in [0.25, 0.3) is 0 Å². The molecule has 1 saturated carbocycles. The minimum Gasteiger partial charge on any atom is -0.378 e. The number of likely N-dealkylation sites (N-methyl/N-ethyl adjacent to an activating group) is 1. The normalized spacial score (nSPS) is 20.4. The van der Waals surface area contributed by atoms with Crippen molar-refractivity contribution in [1.82, 2.24) is 15.1 Å². The molecule has 2 atom stereocenters. The molecule has 0 spiro atoms. The molecule has 20 heavy (non-hydrogen) atoms. The average Bonchev–Trinajstić information content (AvgIpc) is 2.89. The fourth-order valence-electron chi connectivity index (χ4n) is 2.96. The molecule has 0 aromatic carbocycles. The summed E-state index contributed by atoms with van der Waals surface area (Å²) in [6.07, 6.45) is 8.97. The lowest BCUT2D eigenvalue weighted by Gasteiger charge is -2.42. The number of aromatic nitrogens is 2. The minimum absolute atomic E-state index is 0.118. The molecular weight excluding hydrogens is 250 g/mol. The zero-order valence-electron chi connectivity index (χ0n) is 13.4. The van der Waals surface area contributed by atoms with Gasteiger partial charge in [-0.15, -0.1) is 0 Å². The molecule has 0 amide bonds. The molecule has 2 rings (SSSR count). The van der Waals surface area contributed by atoms with Gasteiger partial charge in [-0.1, -0.05) is 6.92 Å². The largest absolute Gasteiger partial charge is 0.378 e. The number of nitrogens with one attached hydrogen (secondary N) is 1. The maximum atomic E-state index is 5.74. The lowest BCUT2D eigenvalue weighted by Crippen LogP contribution is -2.45. The third kappa shape index (κ3) is 3.41. The van der Waals surface area contributed by atoms with Crippen molar-refractivity contribution in [2.24, 2.45) is 0 Å². The van der Waals surface area contributed by atoms with E-state index in [1.165, 1.54) is 25.0 Å². The highest BCUT2D eigenvalue weighted by molar-refractivity contribution is 5.04. The predicted molar refractivity (Wildman–Crippen MR) is 82.0 cm³/mol. The monoisotopic (exact) mass is 279 g/mol. The van der Waals surface area contributed by atoms with Crippen LogP contribution in [0.3, 0.4) is 0 Å². The van der Waals surface area contributed by atoms with Gasteiger partial charge in [0.2, 0.25) is 0 Å². The summed E-state index contributed by atoms with van der Waals surface area (Å²) in [4.78, 5) is 0. The van der Waals surface area contributed by atoms with E-state index in [4.69, 9.17) is 9.84 Å². The molecule has 1 N–H and O–H groups in total. The highest BCUT2D eigenvalue weighted by atomic mass is 16.5. The summed E-state index contributed by atoms with van der Waals surface area (Å²) < 4.78 is 7.82. The summed E-state index contributed by atoms with van der Waals surface area (Å²) in [5.41, 5.74) is 1.29. The SMILES string of the molecule is CCC(C)n1ccc(CC(CC2(OC)CCC2)NC)n1. The first-order valence-corrected chi connectivity index (χ1v) is 7.89. The maximum Gasteiger partial charge on any atom is 0.0693 e. The van der Waals surface area contributed by atoms with Crippen LogP contribution >= 0.6 is 0 Å². The van der Waals surface area contributed by atoms with Crippen molar-refractivity contribution >= 4 is 0 Å². The van der Waals surface area contributed by atoms with Crippen molar-refractivity contribution in [1.29, 1.82) is 0 Å². The van der Waals surface area contributed by atoms with E-state index in [1.807, 2.05) is 14.2 Å². The average molecular weight is 279 g/mol. The van der Waals surface area contributed by atoms with Gasteiger partial charge in [0.1, 0.15) is 0 Å². The molecule has 0 radical (unpaired) electrons. The summed E-state index contributed by atoms with van der Waals surface area (Å²) in [7, 11) is 3.89. The fraction of sp³-hybridized carbons (Fsp3) is 0.812. The van der Waals surface area contributed by atoms with Crippen LogP contribution < -0.4 is 5.32 Å². The third-order valence-corrected chi connectivity index (χ3v) is 4.89. The van der Waals surface area contributed by atoms with Gasteiger partial charge >= 0.3 is 0 Å². The number of nitrogens with zero attached hydrogens (tertiary/aromatic N) is 2. The summed E-state index contributed by atoms with van der Waals surface area (Å²) in [6.45, 7) is 4.40. The smallest absolute Gasteiger partial charge is 0.0693 e. The molecule has 0 aliphatic heterocycles. The molecule has 0 bridgehead atoms. The number of hydrogen-bond donors (Lipinski definition) is 1. The zero-order valence-corrected chi connectivity index (χ0v) is 13.4. The van der Waals surface area contributed by atoms with Gasteiger partial charge < -0.3 is 10.1 Å². The van der Waals surface area contributed by atoms with Gasteiger partial charge in [-0.3, -0.25) is 4.68 Å². The Morgan fingerprint density at radius 1 is 1.50 bits per heavy atom. The van der Waals surface area contributed by atoms with E-state index < -0.39 is 0 Å². The molecule has 114 valence electrons. The Morgan fingerprint density at radius 2 is 2.25 bits per heavy atom. The van der Waals surface area contributed by atoms with E-state index >= 15 is 0 Å². The van der Waals surface area contributed by atoms with E-state index in [0.717, 1.165) is 19.3 Å². The van der Waals surface area contributed by atoms with Crippen molar-refractivity contribution in [2.75, 3.05) is 14.2 Å². The fourth-order valence-corrected chi connectivity index (χ4v) is 2.96. The van der Waals surface area contributed by atoms with Crippen molar-refractivity contribution in [3.8, 4) is 0 Å². The molecule has 1 fully saturated rings. The summed E-state index contributed by atoms with van der Waals surface area (Å²) in [5, 5.41) is 8.14. The van der Waals surface area contributed by atoms with Gasteiger partial charge in [0, 0.05) is 31.8 Å². The Bertz CT molecular complexity index is 406. The van der Waals surface area contributed by atoms with Crippen LogP contribution in [0.25, 0.3) is 0 Å². The standard InChI is InChI=1S/C16H29N3O/c1-5-13(2)19-10-7-14(18-19)11-15(17-3)12-16(20-4)8-6-9-16/h7,10,13,15,17H,5-6,8-9,11-12H2,1-4H3. The quantitative estimate of drug-likeness (QED) is 0.795. The molecule has 1 aromatic heterocycles. The van der Waals surface area contributed by atoms with E-state index in [0.29, 0.717) is 12.1 Å². The second-order valence-electron chi connectivity index (χ2n) is 6.18. The Kier molecular flexibility index (Phi) is 5.22. The van der Waals surface area contributed by atoms with Crippen LogP contribution in [0.15, 0.2) is 12.3 Å². The van der Waals surface area contributed by atoms with Crippen LogP contribution in [-0.4, -0.2) is 35.6 Å². The molecular formula is C16H29N3O. The lowest BCUT2D eigenvalue weighted by atomic mass is 9.75. The van der Waals surface area contributed by atoms with Gasteiger partial charge in [-0.05, 0) is 52.1 Å². The van der Waals surface area contributed by atoms with Gasteiger partial charge in [0.15, 0.2) is 0 Å². The van der Waals surface area contributed by atoms with Crippen LogP contribution in [0.5, 0.6) is 0 Å². The third-order valence-electron chi connectivity index (χ3n) is 4.89. The lowest BCUT2D eigenvalue weighted by molar-refractivity contribution is -0.0830. The van der Waals surface area contributed by atoms with Crippen LogP contribution in [0, 0.1) is 0 Å². The topological polar surface area (TPSA) is 39.1 Å². The Hall–Kier alpha value is -0.870. The number of hydrogen-bond acceptors (Lipinski definition) is 3. The number of ether oxygens (including phenoxy) is 1. The highest BCUT2D eigenvalue weighted by Gasteiger charge is 2.38.